The van der Waals surface area contributed by atoms with Crippen LogP contribution in [0.5, 0.6) is 5.75 Å². The number of ether oxygens (including phenoxy) is 2. The molecular formula is C36H49N3O5Si. The predicted molar refractivity (Wildman–Crippen MR) is 184 cm³/mol. The minimum Gasteiger partial charge on any atom is -0.495 e. The van der Waals surface area contributed by atoms with Crippen LogP contribution in [-0.4, -0.2) is 58.6 Å². The molecule has 0 spiro atoms. The first kappa shape index (κ1) is 34.2. The molecule has 1 aliphatic heterocycles. The number of carbonyl (C=O) groups excluding carboxylic acids is 2. The second kappa shape index (κ2) is 15.1. The van der Waals surface area contributed by atoms with E-state index in [1.165, 1.54) is 0 Å². The quantitative estimate of drug-likeness (QED) is 0.208. The topological polar surface area (TPSA) is 89.1 Å². The number of aryl methyl sites for hydroxylation is 1. The molecule has 0 radical (unpaired) electrons. The van der Waals surface area contributed by atoms with E-state index in [9.17, 15) is 9.59 Å². The lowest BCUT2D eigenvalue weighted by molar-refractivity contribution is -0.116. The number of likely N-dealkylation sites (tertiary alicyclic amines) is 1. The van der Waals surface area contributed by atoms with E-state index in [2.05, 4.69) is 56.4 Å². The standard InChI is InChI=1S/C36H49N3O5Si/c1-36(2,3)45(6,7)43-25-27-14-17-33(42-5)32(24-27)37-34(40)18-15-26-13-16-31(30(23-26)28-11-9-8-10-12-28)38-35(41)44-29-19-21-39(4)22-20-29/h8-14,16-17,23-24,29H,15,18-22,25H2,1-7H3,(H,37,40)(H,38,41). The number of anilines is 2. The summed E-state index contributed by atoms with van der Waals surface area (Å²) in [5.41, 5.74) is 5.13. The van der Waals surface area contributed by atoms with Gasteiger partial charge in [-0.15, -0.1) is 0 Å². The number of amides is 2. The molecule has 3 aromatic rings. The van der Waals surface area contributed by atoms with Crippen molar-refractivity contribution in [3.63, 3.8) is 0 Å². The van der Waals surface area contributed by atoms with Crippen molar-refractivity contribution < 1.29 is 23.5 Å². The maximum atomic E-state index is 13.1. The third-order valence-electron chi connectivity index (χ3n) is 8.93. The third-order valence-corrected chi connectivity index (χ3v) is 13.4. The van der Waals surface area contributed by atoms with Crippen LogP contribution in [0.2, 0.25) is 18.1 Å². The van der Waals surface area contributed by atoms with Crippen molar-refractivity contribution in [2.24, 2.45) is 0 Å². The molecule has 3 aromatic carbocycles. The SMILES string of the molecule is COc1ccc(CO[Si](C)(C)C(C)(C)C)cc1NC(=O)CCc1ccc(NC(=O)OC2CCN(C)CC2)c(-c2ccccc2)c1. The van der Waals surface area contributed by atoms with Gasteiger partial charge in [0.15, 0.2) is 8.32 Å². The lowest BCUT2D eigenvalue weighted by Crippen LogP contribution is -2.40. The Bertz CT molecular complexity index is 1450. The summed E-state index contributed by atoms with van der Waals surface area (Å²) in [6.07, 6.45) is 1.95. The summed E-state index contributed by atoms with van der Waals surface area (Å²) in [6.45, 7) is 13.4. The Balaban J connectivity index is 1.41. The predicted octanol–water partition coefficient (Wildman–Crippen LogP) is 8.10. The molecule has 8 nitrogen and oxygen atoms in total. The molecule has 2 amide bonds. The summed E-state index contributed by atoms with van der Waals surface area (Å²) in [5, 5.41) is 6.11. The van der Waals surface area contributed by atoms with Crippen molar-refractivity contribution in [3.05, 3.63) is 77.9 Å². The van der Waals surface area contributed by atoms with E-state index >= 15 is 0 Å². The van der Waals surface area contributed by atoms with Crippen LogP contribution < -0.4 is 15.4 Å². The summed E-state index contributed by atoms with van der Waals surface area (Å²) >= 11 is 0. The van der Waals surface area contributed by atoms with Gasteiger partial charge in [-0.05, 0) is 85.4 Å². The molecule has 4 rings (SSSR count). The van der Waals surface area contributed by atoms with Crippen molar-refractivity contribution >= 4 is 31.7 Å². The molecule has 2 N–H and O–H groups in total. The first-order valence-electron chi connectivity index (χ1n) is 15.8. The Labute approximate surface area is 269 Å². The largest absolute Gasteiger partial charge is 0.495 e. The van der Waals surface area contributed by atoms with Gasteiger partial charge < -0.3 is 24.1 Å². The van der Waals surface area contributed by atoms with Crippen molar-refractivity contribution in [1.82, 2.24) is 4.90 Å². The molecule has 1 saturated heterocycles. The van der Waals surface area contributed by atoms with Gasteiger partial charge >= 0.3 is 6.09 Å². The van der Waals surface area contributed by atoms with Gasteiger partial charge in [-0.3, -0.25) is 10.1 Å². The number of methoxy groups -OCH3 is 1. The molecule has 0 aromatic heterocycles. The molecule has 0 atom stereocenters. The van der Waals surface area contributed by atoms with Crippen molar-refractivity contribution in [1.29, 1.82) is 0 Å². The average molecular weight is 632 g/mol. The van der Waals surface area contributed by atoms with Gasteiger partial charge in [-0.25, -0.2) is 4.79 Å². The monoisotopic (exact) mass is 631 g/mol. The summed E-state index contributed by atoms with van der Waals surface area (Å²) < 4.78 is 17.7. The van der Waals surface area contributed by atoms with Crippen LogP contribution in [0.3, 0.4) is 0 Å². The Morgan fingerprint density at radius 1 is 0.911 bits per heavy atom. The number of piperidine rings is 1. The van der Waals surface area contributed by atoms with Crippen LogP contribution in [0, 0.1) is 0 Å². The number of nitrogens with one attached hydrogen (secondary N) is 2. The van der Waals surface area contributed by atoms with E-state index in [-0.39, 0.29) is 23.5 Å². The Morgan fingerprint density at radius 2 is 1.60 bits per heavy atom. The highest BCUT2D eigenvalue weighted by atomic mass is 28.4. The molecule has 0 saturated carbocycles. The van der Waals surface area contributed by atoms with Gasteiger partial charge in [-0.2, -0.15) is 0 Å². The van der Waals surface area contributed by atoms with Crippen molar-refractivity contribution in [2.45, 2.75) is 77.3 Å². The molecule has 242 valence electrons. The summed E-state index contributed by atoms with van der Waals surface area (Å²) in [4.78, 5) is 28.2. The minimum atomic E-state index is -1.91. The molecule has 9 heteroatoms. The van der Waals surface area contributed by atoms with Crippen LogP contribution in [0.25, 0.3) is 11.1 Å². The number of rotatable bonds is 11. The van der Waals surface area contributed by atoms with Crippen LogP contribution in [-0.2, 0) is 27.0 Å². The number of benzene rings is 3. The Kier molecular flexibility index (Phi) is 11.5. The second-order valence-electron chi connectivity index (χ2n) is 13.4. The zero-order chi connectivity index (χ0) is 32.6. The van der Waals surface area contributed by atoms with Crippen molar-refractivity contribution in [2.75, 3.05) is 37.9 Å². The van der Waals surface area contributed by atoms with Crippen LogP contribution in [0.4, 0.5) is 16.2 Å². The van der Waals surface area contributed by atoms with E-state index in [0.29, 0.717) is 30.2 Å². The lowest BCUT2D eigenvalue weighted by Gasteiger charge is -2.36. The smallest absolute Gasteiger partial charge is 0.411 e. The van der Waals surface area contributed by atoms with Gasteiger partial charge in [0.2, 0.25) is 5.91 Å². The molecule has 0 bridgehead atoms. The molecule has 0 unspecified atom stereocenters. The highest BCUT2D eigenvalue weighted by molar-refractivity contribution is 6.74. The summed E-state index contributed by atoms with van der Waals surface area (Å²) in [5.74, 6) is 0.495. The maximum Gasteiger partial charge on any atom is 0.411 e. The average Bonchev–Trinajstić information content (AvgIpc) is 3.00. The fourth-order valence-corrected chi connectivity index (χ4v) is 5.96. The molecule has 1 aliphatic rings. The summed E-state index contributed by atoms with van der Waals surface area (Å²) in [7, 11) is 1.76. The van der Waals surface area contributed by atoms with Gasteiger partial charge in [0.25, 0.3) is 0 Å². The zero-order valence-corrected chi connectivity index (χ0v) is 28.9. The molecule has 1 fully saturated rings. The lowest BCUT2D eigenvalue weighted by atomic mass is 9.98. The number of nitrogens with zero attached hydrogens (tertiary/aromatic N) is 1. The van der Waals surface area contributed by atoms with E-state index in [0.717, 1.165) is 48.2 Å². The normalized spacial score (nSPS) is 14.6. The molecule has 45 heavy (non-hydrogen) atoms. The van der Waals surface area contributed by atoms with Gasteiger partial charge in [0, 0.05) is 25.1 Å². The fourth-order valence-electron chi connectivity index (χ4n) is 5.00. The van der Waals surface area contributed by atoms with E-state index in [1.807, 2.05) is 66.7 Å². The molecule has 0 aliphatic carbocycles. The maximum absolute atomic E-state index is 13.1. The minimum absolute atomic E-state index is 0.0804. The van der Waals surface area contributed by atoms with Crippen molar-refractivity contribution in [3.8, 4) is 16.9 Å². The zero-order valence-electron chi connectivity index (χ0n) is 27.9. The van der Waals surface area contributed by atoms with E-state index in [1.54, 1.807) is 7.11 Å². The van der Waals surface area contributed by atoms with E-state index < -0.39 is 14.4 Å². The highest BCUT2D eigenvalue weighted by Crippen LogP contribution is 2.37. The molecular weight excluding hydrogens is 582 g/mol. The van der Waals surface area contributed by atoms with Gasteiger partial charge in [0.1, 0.15) is 11.9 Å². The third kappa shape index (κ3) is 9.66. The number of hydrogen-bond donors (Lipinski definition) is 2. The first-order chi connectivity index (χ1) is 21.3. The molecule has 1 heterocycles. The first-order valence-corrected chi connectivity index (χ1v) is 18.7. The van der Waals surface area contributed by atoms with E-state index in [4.69, 9.17) is 13.9 Å². The highest BCUT2D eigenvalue weighted by Gasteiger charge is 2.37. The number of hydrogen-bond acceptors (Lipinski definition) is 6. The van der Waals surface area contributed by atoms with Crippen LogP contribution >= 0.6 is 0 Å². The number of carbonyl (C=O) groups is 2. The summed E-state index contributed by atoms with van der Waals surface area (Å²) in [6, 6.07) is 21.6. The van der Waals surface area contributed by atoms with Crippen LogP contribution in [0.15, 0.2) is 66.7 Å². The van der Waals surface area contributed by atoms with Gasteiger partial charge in [-0.1, -0.05) is 63.2 Å². The van der Waals surface area contributed by atoms with Gasteiger partial charge in [0.05, 0.1) is 25.1 Å². The Hall–Kier alpha value is -3.66. The fraction of sp³-hybridized carbons (Fsp3) is 0.444. The second-order valence-corrected chi connectivity index (χ2v) is 18.2. The Morgan fingerprint density at radius 3 is 2.27 bits per heavy atom. The van der Waals surface area contributed by atoms with Crippen LogP contribution in [0.1, 0.15) is 51.2 Å².